The van der Waals surface area contributed by atoms with Gasteiger partial charge < -0.3 is 9.15 Å². The van der Waals surface area contributed by atoms with Gasteiger partial charge in [0.2, 0.25) is 0 Å². The Labute approximate surface area is 101 Å². The van der Waals surface area contributed by atoms with Crippen LogP contribution in [0.25, 0.3) is 11.1 Å². The van der Waals surface area contributed by atoms with Gasteiger partial charge >= 0.3 is 5.97 Å². The van der Waals surface area contributed by atoms with Gasteiger partial charge in [-0.15, -0.1) is 0 Å². The first-order valence-corrected chi connectivity index (χ1v) is 5.42. The van der Waals surface area contributed by atoms with E-state index in [1.54, 1.807) is 0 Å². The summed E-state index contributed by atoms with van der Waals surface area (Å²) >= 11 is 3.38. The van der Waals surface area contributed by atoms with Crippen LogP contribution in [-0.4, -0.2) is 13.1 Å². The Bertz CT molecular complexity index is 516. The van der Waals surface area contributed by atoms with Crippen molar-refractivity contribution >= 4 is 21.9 Å². The molecule has 2 aromatic rings. The number of ether oxygens (including phenoxy) is 1. The van der Waals surface area contributed by atoms with Crippen molar-refractivity contribution in [2.75, 3.05) is 7.11 Å². The molecular formula is C12H9BrO3. The van der Waals surface area contributed by atoms with Crippen LogP contribution in [0.3, 0.4) is 0 Å². The number of carbonyl (C=O) groups excluding carboxylic acids is 1. The fourth-order valence-electron chi connectivity index (χ4n) is 1.44. The molecule has 82 valence electrons. The molecule has 0 aliphatic heterocycles. The first-order chi connectivity index (χ1) is 7.72. The molecule has 1 aromatic carbocycles. The minimum atomic E-state index is -0.399. The molecular weight excluding hydrogens is 272 g/mol. The molecule has 1 aromatic heterocycles. The Morgan fingerprint density at radius 2 is 2.19 bits per heavy atom. The van der Waals surface area contributed by atoms with Gasteiger partial charge in [-0.05, 0) is 17.7 Å². The lowest BCUT2D eigenvalue weighted by Gasteiger charge is -2.01. The summed E-state index contributed by atoms with van der Waals surface area (Å²) in [6.07, 6.45) is 2.93. The molecule has 16 heavy (non-hydrogen) atoms. The average molecular weight is 281 g/mol. The van der Waals surface area contributed by atoms with Gasteiger partial charge in [0.15, 0.2) is 0 Å². The SMILES string of the molecule is COC(=O)c1cocc1-c1cccc(Br)c1. The lowest BCUT2D eigenvalue weighted by atomic mass is 10.1. The number of rotatable bonds is 2. The quantitative estimate of drug-likeness (QED) is 0.791. The van der Waals surface area contributed by atoms with Crippen LogP contribution < -0.4 is 0 Å². The highest BCUT2D eigenvalue weighted by Gasteiger charge is 2.15. The van der Waals surface area contributed by atoms with Crippen molar-refractivity contribution in [2.24, 2.45) is 0 Å². The van der Waals surface area contributed by atoms with Crippen molar-refractivity contribution in [1.29, 1.82) is 0 Å². The van der Waals surface area contributed by atoms with Crippen LogP contribution in [0.2, 0.25) is 0 Å². The summed E-state index contributed by atoms with van der Waals surface area (Å²) in [5.74, 6) is -0.399. The molecule has 0 bridgehead atoms. The van der Waals surface area contributed by atoms with Gasteiger partial charge in [-0.2, -0.15) is 0 Å². The maximum Gasteiger partial charge on any atom is 0.341 e. The van der Waals surface area contributed by atoms with Crippen molar-refractivity contribution in [2.45, 2.75) is 0 Å². The van der Waals surface area contributed by atoms with Gasteiger partial charge in [-0.3, -0.25) is 0 Å². The van der Waals surface area contributed by atoms with Crippen LogP contribution in [-0.2, 0) is 4.74 Å². The van der Waals surface area contributed by atoms with Gasteiger partial charge in [0.05, 0.1) is 13.4 Å². The van der Waals surface area contributed by atoms with Gasteiger partial charge in [-0.25, -0.2) is 4.79 Å². The molecule has 0 fully saturated rings. The third-order valence-electron chi connectivity index (χ3n) is 2.20. The van der Waals surface area contributed by atoms with E-state index in [9.17, 15) is 4.79 Å². The second-order valence-corrected chi connectivity index (χ2v) is 4.12. The Morgan fingerprint density at radius 3 is 2.88 bits per heavy atom. The number of carbonyl (C=O) groups is 1. The van der Waals surface area contributed by atoms with Gasteiger partial charge in [0.1, 0.15) is 11.8 Å². The van der Waals surface area contributed by atoms with E-state index in [0.29, 0.717) is 5.56 Å². The lowest BCUT2D eigenvalue weighted by molar-refractivity contribution is 0.0600. The van der Waals surface area contributed by atoms with Gasteiger partial charge in [-0.1, -0.05) is 28.1 Å². The number of hydrogen-bond acceptors (Lipinski definition) is 3. The topological polar surface area (TPSA) is 39.4 Å². The zero-order valence-corrected chi connectivity index (χ0v) is 10.2. The van der Waals surface area contributed by atoms with E-state index in [4.69, 9.17) is 4.42 Å². The minimum Gasteiger partial charge on any atom is -0.471 e. The highest BCUT2D eigenvalue weighted by atomic mass is 79.9. The van der Waals surface area contributed by atoms with Crippen LogP contribution in [0.15, 0.2) is 45.7 Å². The van der Waals surface area contributed by atoms with Crippen molar-refractivity contribution in [1.82, 2.24) is 0 Å². The summed E-state index contributed by atoms with van der Waals surface area (Å²) in [4.78, 5) is 11.5. The zero-order chi connectivity index (χ0) is 11.5. The largest absolute Gasteiger partial charge is 0.471 e. The molecule has 1 heterocycles. The smallest absolute Gasteiger partial charge is 0.341 e. The molecule has 0 aliphatic rings. The predicted molar refractivity (Wildman–Crippen MR) is 63.2 cm³/mol. The second-order valence-electron chi connectivity index (χ2n) is 3.20. The van der Waals surface area contributed by atoms with Crippen LogP contribution >= 0.6 is 15.9 Å². The number of esters is 1. The summed E-state index contributed by atoms with van der Waals surface area (Å²) in [6.45, 7) is 0. The van der Waals surface area contributed by atoms with Crippen LogP contribution in [0.5, 0.6) is 0 Å². The summed E-state index contributed by atoms with van der Waals surface area (Å²) in [7, 11) is 1.35. The van der Waals surface area contributed by atoms with E-state index in [1.807, 2.05) is 24.3 Å². The molecule has 0 unspecified atom stereocenters. The first kappa shape index (κ1) is 11.0. The highest BCUT2D eigenvalue weighted by Crippen LogP contribution is 2.27. The summed E-state index contributed by atoms with van der Waals surface area (Å²) < 4.78 is 10.7. The molecule has 0 N–H and O–H groups in total. The van der Waals surface area contributed by atoms with E-state index >= 15 is 0 Å². The van der Waals surface area contributed by atoms with E-state index in [-0.39, 0.29) is 0 Å². The van der Waals surface area contributed by atoms with Gasteiger partial charge in [0, 0.05) is 10.0 Å². The Kier molecular flexibility index (Phi) is 3.10. The molecule has 3 nitrogen and oxygen atoms in total. The Balaban J connectivity index is 2.48. The maximum absolute atomic E-state index is 11.5. The fourth-order valence-corrected chi connectivity index (χ4v) is 1.84. The monoisotopic (exact) mass is 280 g/mol. The molecule has 0 atom stereocenters. The number of halogens is 1. The summed E-state index contributed by atoms with van der Waals surface area (Å²) in [5.41, 5.74) is 2.07. The summed E-state index contributed by atoms with van der Waals surface area (Å²) in [5, 5.41) is 0. The first-order valence-electron chi connectivity index (χ1n) is 4.63. The third kappa shape index (κ3) is 2.02. The molecule has 2 rings (SSSR count). The molecule has 0 saturated carbocycles. The molecule has 4 heteroatoms. The van der Waals surface area contributed by atoms with Crippen molar-refractivity contribution in [3.8, 4) is 11.1 Å². The highest BCUT2D eigenvalue weighted by molar-refractivity contribution is 9.10. The molecule has 0 aliphatic carbocycles. The number of methoxy groups -OCH3 is 1. The normalized spacial score (nSPS) is 10.1. The lowest BCUT2D eigenvalue weighted by Crippen LogP contribution is -2.00. The van der Waals surface area contributed by atoms with E-state index in [1.165, 1.54) is 19.6 Å². The molecule has 0 amide bonds. The van der Waals surface area contributed by atoms with Gasteiger partial charge in [0.25, 0.3) is 0 Å². The number of furan rings is 1. The molecule has 0 radical (unpaired) electrons. The minimum absolute atomic E-state index is 0.399. The second kappa shape index (κ2) is 4.53. The van der Waals surface area contributed by atoms with Crippen molar-refractivity contribution in [3.63, 3.8) is 0 Å². The average Bonchev–Trinajstić information content (AvgIpc) is 2.77. The predicted octanol–water partition coefficient (Wildman–Crippen LogP) is 3.50. The van der Waals surface area contributed by atoms with E-state index < -0.39 is 5.97 Å². The van der Waals surface area contributed by atoms with E-state index in [0.717, 1.165) is 15.6 Å². The fraction of sp³-hybridized carbons (Fsp3) is 0.0833. The van der Waals surface area contributed by atoms with Crippen LogP contribution in [0, 0.1) is 0 Å². The number of benzene rings is 1. The maximum atomic E-state index is 11.5. The zero-order valence-electron chi connectivity index (χ0n) is 8.57. The van der Waals surface area contributed by atoms with Crippen LogP contribution in [0.4, 0.5) is 0 Å². The van der Waals surface area contributed by atoms with Crippen molar-refractivity contribution < 1.29 is 13.9 Å². The molecule has 0 saturated heterocycles. The molecule has 0 spiro atoms. The number of hydrogen-bond donors (Lipinski definition) is 0. The van der Waals surface area contributed by atoms with E-state index in [2.05, 4.69) is 20.7 Å². The standard InChI is InChI=1S/C12H9BrO3/c1-15-12(14)11-7-16-6-10(11)8-3-2-4-9(13)5-8/h2-7H,1H3. The Hall–Kier alpha value is -1.55. The Morgan fingerprint density at radius 1 is 1.38 bits per heavy atom. The summed E-state index contributed by atoms with van der Waals surface area (Å²) in [6, 6.07) is 7.63. The van der Waals surface area contributed by atoms with Crippen molar-refractivity contribution in [3.05, 3.63) is 46.8 Å². The van der Waals surface area contributed by atoms with Crippen LogP contribution in [0.1, 0.15) is 10.4 Å². The third-order valence-corrected chi connectivity index (χ3v) is 2.70.